The van der Waals surface area contributed by atoms with E-state index in [0.29, 0.717) is 31.0 Å². The number of benzene rings is 1. The molecule has 1 aliphatic rings. The Morgan fingerprint density at radius 2 is 2.08 bits per heavy atom. The van der Waals surface area contributed by atoms with Crippen LogP contribution in [0.3, 0.4) is 0 Å². The van der Waals surface area contributed by atoms with Gasteiger partial charge in [-0.15, -0.1) is 24.0 Å². The molecule has 0 bridgehead atoms. The van der Waals surface area contributed by atoms with Gasteiger partial charge in [-0.2, -0.15) is 4.98 Å². The molecule has 25 heavy (non-hydrogen) atoms. The lowest BCUT2D eigenvalue weighted by Gasteiger charge is -2.11. The van der Waals surface area contributed by atoms with Crippen molar-refractivity contribution in [2.24, 2.45) is 4.99 Å². The van der Waals surface area contributed by atoms with Crippen LogP contribution < -0.4 is 20.1 Å². The molecular formula is C16H22IN5O3. The first-order chi connectivity index (χ1) is 11.7. The molecule has 0 fully saturated rings. The molecule has 0 unspecified atom stereocenters. The Morgan fingerprint density at radius 1 is 1.24 bits per heavy atom. The van der Waals surface area contributed by atoms with E-state index in [1.807, 2.05) is 25.1 Å². The molecule has 0 aliphatic carbocycles. The SMILES string of the molecule is CCNC(=NCc1nc(C)no1)NCCc1ccc2c(c1)OCO2.I. The van der Waals surface area contributed by atoms with Crippen molar-refractivity contribution in [3.05, 3.63) is 35.5 Å². The van der Waals surface area contributed by atoms with E-state index in [2.05, 4.69) is 25.8 Å². The monoisotopic (exact) mass is 459 g/mol. The van der Waals surface area contributed by atoms with E-state index in [1.54, 1.807) is 6.92 Å². The third-order valence-corrected chi connectivity index (χ3v) is 3.43. The predicted octanol–water partition coefficient (Wildman–Crippen LogP) is 2.02. The van der Waals surface area contributed by atoms with Gasteiger partial charge in [0, 0.05) is 13.1 Å². The van der Waals surface area contributed by atoms with Crippen molar-refractivity contribution in [3.63, 3.8) is 0 Å². The number of aliphatic imine (C=N–C) groups is 1. The van der Waals surface area contributed by atoms with Crippen molar-refractivity contribution >= 4 is 29.9 Å². The van der Waals surface area contributed by atoms with Crippen LogP contribution in [0.4, 0.5) is 0 Å². The number of nitrogens with one attached hydrogen (secondary N) is 2. The van der Waals surface area contributed by atoms with E-state index >= 15 is 0 Å². The third-order valence-electron chi connectivity index (χ3n) is 3.43. The Hall–Kier alpha value is -2.04. The zero-order valence-electron chi connectivity index (χ0n) is 14.2. The number of nitrogens with zero attached hydrogens (tertiary/aromatic N) is 3. The Morgan fingerprint density at radius 3 is 2.84 bits per heavy atom. The van der Waals surface area contributed by atoms with Gasteiger partial charge in [-0.1, -0.05) is 11.2 Å². The highest BCUT2D eigenvalue weighted by Gasteiger charge is 2.13. The largest absolute Gasteiger partial charge is 0.454 e. The maximum atomic E-state index is 5.39. The summed E-state index contributed by atoms with van der Waals surface area (Å²) in [6.45, 7) is 5.97. The van der Waals surface area contributed by atoms with Gasteiger partial charge in [0.25, 0.3) is 0 Å². The van der Waals surface area contributed by atoms with E-state index in [9.17, 15) is 0 Å². The van der Waals surface area contributed by atoms with Crippen molar-refractivity contribution < 1.29 is 14.0 Å². The molecule has 0 radical (unpaired) electrons. The maximum absolute atomic E-state index is 5.39. The van der Waals surface area contributed by atoms with Gasteiger partial charge < -0.3 is 24.6 Å². The van der Waals surface area contributed by atoms with E-state index < -0.39 is 0 Å². The fourth-order valence-electron chi connectivity index (χ4n) is 2.31. The van der Waals surface area contributed by atoms with Crippen molar-refractivity contribution in [1.82, 2.24) is 20.8 Å². The third kappa shape index (κ3) is 5.48. The lowest BCUT2D eigenvalue weighted by Crippen LogP contribution is -2.38. The molecule has 9 heteroatoms. The number of halogens is 1. The van der Waals surface area contributed by atoms with Gasteiger partial charge in [0.2, 0.25) is 12.7 Å². The topological polar surface area (TPSA) is 93.8 Å². The van der Waals surface area contributed by atoms with Crippen molar-refractivity contribution in [3.8, 4) is 11.5 Å². The molecule has 2 aromatic rings. The van der Waals surface area contributed by atoms with Gasteiger partial charge in [-0.05, 0) is 38.0 Å². The first-order valence-corrected chi connectivity index (χ1v) is 7.94. The second-order valence-corrected chi connectivity index (χ2v) is 5.29. The number of fused-ring (bicyclic) bond motifs is 1. The summed E-state index contributed by atoms with van der Waals surface area (Å²) in [5.74, 6) is 3.44. The van der Waals surface area contributed by atoms with E-state index in [4.69, 9.17) is 14.0 Å². The molecule has 0 saturated carbocycles. The molecule has 1 aromatic carbocycles. The lowest BCUT2D eigenvalue weighted by atomic mass is 10.1. The summed E-state index contributed by atoms with van der Waals surface area (Å²) < 4.78 is 15.8. The number of hydrogen-bond acceptors (Lipinski definition) is 6. The molecule has 136 valence electrons. The van der Waals surface area contributed by atoms with Crippen LogP contribution in [0.15, 0.2) is 27.7 Å². The number of guanidine groups is 1. The highest BCUT2D eigenvalue weighted by Crippen LogP contribution is 2.32. The van der Waals surface area contributed by atoms with Crippen LogP contribution in [0.5, 0.6) is 11.5 Å². The molecule has 2 N–H and O–H groups in total. The standard InChI is InChI=1S/C16H21N5O3.HI/c1-3-17-16(19-9-15-20-11(2)21-24-15)18-7-6-12-4-5-13-14(8-12)23-10-22-13;/h4-5,8H,3,6-7,9-10H2,1-2H3,(H2,17,18,19);1H. The molecule has 3 rings (SSSR count). The molecular weight excluding hydrogens is 437 g/mol. The molecule has 1 aliphatic heterocycles. The number of aryl methyl sites for hydroxylation is 1. The minimum absolute atomic E-state index is 0. The quantitative estimate of drug-likeness (QED) is 0.388. The predicted molar refractivity (Wildman–Crippen MR) is 104 cm³/mol. The van der Waals surface area contributed by atoms with Gasteiger partial charge >= 0.3 is 0 Å². The van der Waals surface area contributed by atoms with Gasteiger partial charge in [0.05, 0.1) is 0 Å². The van der Waals surface area contributed by atoms with Crippen LogP contribution in [-0.2, 0) is 13.0 Å². The summed E-state index contributed by atoms with van der Waals surface area (Å²) in [4.78, 5) is 8.58. The van der Waals surface area contributed by atoms with Crippen LogP contribution in [-0.4, -0.2) is 36.0 Å². The second-order valence-electron chi connectivity index (χ2n) is 5.29. The van der Waals surface area contributed by atoms with E-state index in [0.717, 1.165) is 31.0 Å². The Labute approximate surface area is 163 Å². The summed E-state index contributed by atoms with van der Waals surface area (Å²) >= 11 is 0. The fraction of sp³-hybridized carbons (Fsp3) is 0.438. The normalized spacial score (nSPS) is 12.6. The zero-order valence-corrected chi connectivity index (χ0v) is 16.6. The average molecular weight is 459 g/mol. The summed E-state index contributed by atoms with van der Waals surface area (Å²) in [7, 11) is 0. The van der Waals surface area contributed by atoms with E-state index in [1.165, 1.54) is 5.56 Å². The number of rotatable bonds is 6. The van der Waals surface area contributed by atoms with Crippen LogP contribution in [0.25, 0.3) is 0 Å². The van der Waals surface area contributed by atoms with Crippen LogP contribution >= 0.6 is 24.0 Å². The molecule has 0 spiro atoms. The fourth-order valence-corrected chi connectivity index (χ4v) is 2.31. The van der Waals surface area contributed by atoms with Gasteiger partial charge in [-0.25, -0.2) is 4.99 Å². The molecule has 0 atom stereocenters. The Balaban J connectivity index is 0.00000225. The van der Waals surface area contributed by atoms with Crippen molar-refractivity contribution in [2.45, 2.75) is 26.8 Å². The minimum atomic E-state index is 0. The molecule has 0 saturated heterocycles. The summed E-state index contributed by atoms with van der Waals surface area (Å²) in [6.07, 6.45) is 0.848. The van der Waals surface area contributed by atoms with Crippen molar-refractivity contribution in [2.75, 3.05) is 19.9 Å². The maximum Gasteiger partial charge on any atom is 0.248 e. The minimum Gasteiger partial charge on any atom is -0.454 e. The van der Waals surface area contributed by atoms with Crippen molar-refractivity contribution in [1.29, 1.82) is 0 Å². The number of aromatic nitrogens is 2. The number of hydrogen-bond donors (Lipinski definition) is 2. The summed E-state index contributed by atoms with van der Waals surface area (Å²) in [5.41, 5.74) is 1.18. The Kier molecular flexibility index (Phi) is 7.29. The smallest absolute Gasteiger partial charge is 0.248 e. The first kappa shape index (κ1) is 19.3. The zero-order chi connectivity index (χ0) is 16.8. The molecule has 1 aromatic heterocycles. The molecule has 0 amide bonds. The molecule has 2 heterocycles. The van der Waals surface area contributed by atoms with E-state index in [-0.39, 0.29) is 24.0 Å². The number of ether oxygens (including phenoxy) is 2. The Bertz CT molecular complexity index is 720. The highest BCUT2D eigenvalue weighted by atomic mass is 127. The average Bonchev–Trinajstić information content (AvgIpc) is 3.20. The summed E-state index contributed by atoms with van der Waals surface area (Å²) in [6, 6.07) is 5.99. The second kappa shape index (κ2) is 9.44. The van der Waals surface area contributed by atoms with Crippen LogP contribution in [0.2, 0.25) is 0 Å². The highest BCUT2D eigenvalue weighted by molar-refractivity contribution is 14.0. The summed E-state index contributed by atoms with van der Waals surface area (Å²) in [5, 5.41) is 10.2. The van der Waals surface area contributed by atoms with Crippen LogP contribution in [0, 0.1) is 6.92 Å². The van der Waals surface area contributed by atoms with Crippen LogP contribution in [0.1, 0.15) is 24.2 Å². The van der Waals surface area contributed by atoms with Gasteiger partial charge in [0.1, 0.15) is 6.54 Å². The van der Waals surface area contributed by atoms with Gasteiger partial charge in [0.15, 0.2) is 23.3 Å². The molecule has 8 nitrogen and oxygen atoms in total. The van der Waals surface area contributed by atoms with Gasteiger partial charge in [-0.3, -0.25) is 0 Å². The lowest BCUT2D eigenvalue weighted by molar-refractivity contribution is 0.174. The first-order valence-electron chi connectivity index (χ1n) is 7.94.